The van der Waals surface area contributed by atoms with Crippen molar-refractivity contribution in [1.29, 1.82) is 0 Å². The highest BCUT2D eigenvalue weighted by atomic mass is 16.5. The van der Waals surface area contributed by atoms with Gasteiger partial charge < -0.3 is 15.2 Å². The molecule has 5 nitrogen and oxygen atoms in total. The summed E-state index contributed by atoms with van der Waals surface area (Å²) in [5, 5.41) is 0. The van der Waals surface area contributed by atoms with Crippen LogP contribution in [0.15, 0.2) is 0 Å². The Morgan fingerprint density at radius 2 is 2.35 bits per heavy atom. The fourth-order valence-corrected chi connectivity index (χ4v) is 2.03. The number of carbonyl (C=O) groups is 1. The van der Waals surface area contributed by atoms with Crippen molar-refractivity contribution in [2.75, 3.05) is 32.9 Å². The summed E-state index contributed by atoms with van der Waals surface area (Å²) in [6.45, 7) is 7.64. The Hall–Kier alpha value is -0.650. The van der Waals surface area contributed by atoms with Gasteiger partial charge in [-0.05, 0) is 19.8 Å². The largest absolute Gasteiger partial charge is 0.465 e. The standard InChI is InChI=1S/C12H24N2O3/c1-3-10-9-16-8-7-14(10)6-5-11(13)12(15)17-4-2/h10-11H,3-9,13H2,1-2H3. The summed E-state index contributed by atoms with van der Waals surface area (Å²) in [6, 6.07) is -0.0477. The van der Waals surface area contributed by atoms with Crippen molar-refractivity contribution in [1.82, 2.24) is 4.90 Å². The molecule has 17 heavy (non-hydrogen) atoms. The molecule has 0 aromatic rings. The molecule has 0 aliphatic carbocycles. The van der Waals surface area contributed by atoms with Crippen LogP contribution in [0.2, 0.25) is 0 Å². The maximum atomic E-state index is 11.4. The molecule has 2 unspecified atom stereocenters. The molecular formula is C12H24N2O3. The Bertz CT molecular complexity index is 236. The number of morpholine rings is 1. The zero-order chi connectivity index (χ0) is 12.7. The van der Waals surface area contributed by atoms with Gasteiger partial charge in [-0.15, -0.1) is 0 Å². The molecule has 0 spiro atoms. The number of rotatable bonds is 6. The number of hydrogen-bond donors (Lipinski definition) is 1. The van der Waals surface area contributed by atoms with Crippen LogP contribution in [0.4, 0.5) is 0 Å². The number of ether oxygens (including phenoxy) is 2. The van der Waals surface area contributed by atoms with Gasteiger partial charge in [0, 0.05) is 19.1 Å². The molecule has 2 atom stereocenters. The maximum absolute atomic E-state index is 11.4. The van der Waals surface area contributed by atoms with Gasteiger partial charge in [0.1, 0.15) is 6.04 Å². The Morgan fingerprint density at radius 3 is 3.00 bits per heavy atom. The molecule has 2 N–H and O–H groups in total. The molecule has 0 radical (unpaired) electrons. The maximum Gasteiger partial charge on any atom is 0.322 e. The van der Waals surface area contributed by atoms with Crippen molar-refractivity contribution in [2.45, 2.75) is 38.8 Å². The average molecular weight is 244 g/mol. The Morgan fingerprint density at radius 1 is 1.59 bits per heavy atom. The van der Waals surface area contributed by atoms with Crippen LogP contribution >= 0.6 is 0 Å². The van der Waals surface area contributed by atoms with Crippen molar-refractivity contribution < 1.29 is 14.3 Å². The molecule has 1 heterocycles. The average Bonchev–Trinajstić information content (AvgIpc) is 2.36. The first-order chi connectivity index (χ1) is 8.19. The monoisotopic (exact) mass is 244 g/mol. The summed E-state index contributed by atoms with van der Waals surface area (Å²) < 4.78 is 10.3. The van der Waals surface area contributed by atoms with E-state index in [1.807, 2.05) is 0 Å². The van der Waals surface area contributed by atoms with E-state index in [4.69, 9.17) is 15.2 Å². The molecular weight excluding hydrogens is 220 g/mol. The van der Waals surface area contributed by atoms with Crippen LogP contribution < -0.4 is 5.73 Å². The van der Waals surface area contributed by atoms with Gasteiger partial charge in [0.05, 0.1) is 19.8 Å². The second kappa shape index (κ2) is 7.63. The van der Waals surface area contributed by atoms with Gasteiger partial charge in [-0.3, -0.25) is 9.69 Å². The first-order valence-electron chi connectivity index (χ1n) is 6.43. The van der Waals surface area contributed by atoms with Crippen molar-refractivity contribution in [2.24, 2.45) is 5.73 Å². The van der Waals surface area contributed by atoms with Crippen molar-refractivity contribution in [3.8, 4) is 0 Å². The molecule has 0 amide bonds. The van der Waals surface area contributed by atoms with Gasteiger partial charge in [0.2, 0.25) is 0 Å². The minimum absolute atomic E-state index is 0.297. The summed E-state index contributed by atoms with van der Waals surface area (Å²) in [5.41, 5.74) is 5.77. The molecule has 0 aromatic carbocycles. The first-order valence-corrected chi connectivity index (χ1v) is 6.43. The summed E-state index contributed by atoms with van der Waals surface area (Å²) in [4.78, 5) is 13.7. The van der Waals surface area contributed by atoms with Gasteiger partial charge in [0.15, 0.2) is 0 Å². The number of esters is 1. The summed E-state index contributed by atoms with van der Waals surface area (Å²) in [5.74, 6) is -0.297. The summed E-state index contributed by atoms with van der Waals surface area (Å²) >= 11 is 0. The van der Waals surface area contributed by atoms with E-state index in [0.717, 1.165) is 32.7 Å². The van der Waals surface area contributed by atoms with Crippen LogP contribution in [-0.4, -0.2) is 55.9 Å². The lowest BCUT2D eigenvalue weighted by atomic mass is 10.1. The lowest BCUT2D eigenvalue weighted by Crippen LogP contribution is -2.47. The van der Waals surface area contributed by atoms with Crippen LogP contribution in [0, 0.1) is 0 Å². The van der Waals surface area contributed by atoms with E-state index in [1.165, 1.54) is 0 Å². The Kier molecular flexibility index (Phi) is 6.47. The van der Waals surface area contributed by atoms with Crippen LogP contribution in [0.3, 0.4) is 0 Å². The molecule has 1 fully saturated rings. The van der Waals surface area contributed by atoms with Gasteiger partial charge in [-0.25, -0.2) is 0 Å². The van der Waals surface area contributed by atoms with Crippen molar-refractivity contribution in [3.63, 3.8) is 0 Å². The zero-order valence-electron chi connectivity index (χ0n) is 10.9. The minimum atomic E-state index is -0.504. The first kappa shape index (κ1) is 14.4. The van der Waals surface area contributed by atoms with Crippen LogP contribution in [0.25, 0.3) is 0 Å². The summed E-state index contributed by atoms with van der Waals surface area (Å²) in [7, 11) is 0. The highest BCUT2D eigenvalue weighted by Gasteiger charge is 2.23. The van der Waals surface area contributed by atoms with E-state index in [-0.39, 0.29) is 5.97 Å². The highest BCUT2D eigenvalue weighted by molar-refractivity contribution is 5.75. The van der Waals surface area contributed by atoms with Crippen LogP contribution in [-0.2, 0) is 14.3 Å². The van der Waals surface area contributed by atoms with E-state index in [2.05, 4.69) is 11.8 Å². The second-order valence-electron chi connectivity index (χ2n) is 4.32. The third kappa shape index (κ3) is 4.61. The van der Waals surface area contributed by atoms with Gasteiger partial charge in [-0.1, -0.05) is 6.92 Å². The third-order valence-corrected chi connectivity index (χ3v) is 3.14. The predicted molar refractivity (Wildman–Crippen MR) is 65.7 cm³/mol. The quantitative estimate of drug-likeness (QED) is 0.684. The van der Waals surface area contributed by atoms with E-state index >= 15 is 0 Å². The van der Waals surface area contributed by atoms with Crippen molar-refractivity contribution >= 4 is 5.97 Å². The van der Waals surface area contributed by atoms with Gasteiger partial charge >= 0.3 is 5.97 Å². The highest BCUT2D eigenvalue weighted by Crippen LogP contribution is 2.11. The fraction of sp³-hybridized carbons (Fsp3) is 0.917. The lowest BCUT2D eigenvalue weighted by Gasteiger charge is -2.35. The lowest BCUT2D eigenvalue weighted by molar-refractivity contribution is -0.145. The van der Waals surface area contributed by atoms with E-state index in [1.54, 1.807) is 6.92 Å². The zero-order valence-corrected chi connectivity index (χ0v) is 10.9. The van der Waals surface area contributed by atoms with E-state index in [9.17, 15) is 4.79 Å². The fourth-order valence-electron chi connectivity index (χ4n) is 2.03. The SMILES string of the molecule is CCOC(=O)C(N)CCN1CCOCC1CC. The molecule has 5 heteroatoms. The number of nitrogens with zero attached hydrogens (tertiary/aromatic N) is 1. The molecule has 0 saturated carbocycles. The smallest absolute Gasteiger partial charge is 0.322 e. The summed E-state index contributed by atoms with van der Waals surface area (Å²) in [6.07, 6.45) is 1.71. The second-order valence-corrected chi connectivity index (χ2v) is 4.32. The van der Waals surface area contributed by atoms with Crippen molar-refractivity contribution in [3.05, 3.63) is 0 Å². The third-order valence-electron chi connectivity index (χ3n) is 3.14. The number of hydrogen-bond acceptors (Lipinski definition) is 5. The Balaban J connectivity index is 2.30. The van der Waals surface area contributed by atoms with Crippen LogP contribution in [0.5, 0.6) is 0 Å². The number of nitrogens with two attached hydrogens (primary N) is 1. The molecule has 100 valence electrons. The van der Waals surface area contributed by atoms with E-state index < -0.39 is 6.04 Å². The normalized spacial score (nSPS) is 23.4. The molecule has 1 saturated heterocycles. The molecule has 1 aliphatic heterocycles. The Labute approximate surface area is 103 Å². The predicted octanol–water partition coefficient (Wildman–Crippen LogP) is 0.378. The minimum Gasteiger partial charge on any atom is -0.465 e. The van der Waals surface area contributed by atoms with Gasteiger partial charge in [0.25, 0.3) is 0 Å². The molecule has 1 rings (SSSR count). The van der Waals surface area contributed by atoms with Gasteiger partial charge in [-0.2, -0.15) is 0 Å². The number of carbonyl (C=O) groups excluding carboxylic acids is 1. The van der Waals surface area contributed by atoms with E-state index in [0.29, 0.717) is 19.1 Å². The molecule has 1 aliphatic rings. The topological polar surface area (TPSA) is 64.8 Å². The molecule has 0 bridgehead atoms. The molecule has 0 aromatic heterocycles. The van der Waals surface area contributed by atoms with Crippen LogP contribution in [0.1, 0.15) is 26.7 Å².